The van der Waals surface area contributed by atoms with Crippen LogP contribution in [0, 0.1) is 11.8 Å². The Balaban J connectivity index is 2.29. The van der Waals surface area contributed by atoms with Crippen LogP contribution in [0.1, 0.15) is 0 Å². The summed E-state index contributed by atoms with van der Waals surface area (Å²) in [5.74, 6) is 1.22. The van der Waals surface area contributed by atoms with Gasteiger partial charge in [0.2, 0.25) is 0 Å². The molecule has 2 saturated heterocycles. The molecule has 4 heteroatoms. The van der Waals surface area contributed by atoms with E-state index < -0.39 is 9.84 Å². The summed E-state index contributed by atoms with van der Waals surface area (Å²) in [4.78, 5) is 0. The molecule has 2 nitrogen and oxygen atoms in total. The normalized spacial score (nSPS) is 44.6. The number of hydrogen-bond donors (Lipinski definition) is 0. The van der Waals surface area contributed by atoms with Crippen LogP contribution in [-0.4, -0.2) is 30.4 Å². The average molecular weight is 230 g/mol. The lowest BCUT2D eigenvalue weighted by Gasteiger charge is -2.10. The van der Waals surface area contributed by atoms with E-state index in [2.05, 4.69) is 13.2 Å². The summed E-state index contributed by atoms with van der Waals surface area (Å²) in [6, 6.07) is 0. The average Bonchev–Trinajstić information content (AvgIpc) is 2.57. The summed E-state index contributed by atoms with van der Waals surface area (Å²) in [5, 5.41) is 0.584. The van der Waals surface area contributed by atoms with Crippen LogP contribution < -0.4 is 0 Å². The van der Waals surface area contributed by atoms with E-state index >= 15 is 0 Å². The zero-order valence-electron chi connectivity index (χ0n) is 7.93. The van der Waals surface area contributed by atoms with Crippen LogP contribution >= 0.6 is 11.8 Å². The van der Waals surface area contributed by atoms with Crippen molar-refractivity contribution in [1.82, 2.24) is 0 Å². The van der Waals surface area contributed by atoms with Crippen LogP contribution in [0.5, 0.6) is 0 Å². The molecular formula is C10H14O2S2. The van der Waals surface area contributed by atoms with Crippen molar-refractivity contribution in [2.24, 2.45) is 11.8 Å². The summed E-state index contributed by atoms with van der Waals surface area (Å²) in [5.41, 5.74) is 0. The summed E-state index contributed by atoms with van der Waals surface area (Å²) >= 11 is 1.80. The van der Waals surface area contributed by atoms with Gasteiger partial charge in [0.15, 0.2) is 9.84 Å². The minimum Gasteiger partial charge on any atom is -0.229 e. The molecule has 0 amide bonds. The van der Waals surface area contributed by atoms with Crippen LogP contribution in [0.2, 0.25) is 0 Å². The molecule has 0 aromatic rings. The number of hydrogen-bond acceptors (Lipinski definition) is 3. The number of sulfone groups is 1. The second-order valence-electron chi connectivity index (χ2n) is 3.94. The van der Waals surface area contributed by atoms with Gasteiger partial charge in [-0.3, -0.25) is 0 Å². The maximum atomic E-state index is 11.5. The Bertz CT molecular complexity index is 330. The van der Waals surface area contributed by atoms with Gasteiger partial charge in [0.05, 0.1) is 11.5 Å². The molecule has 14 heavy (non-hydrogen) atoms. The third kappa shape index (κ3) is 1.54. The van der Waals surface area contributed by atoms with Gasteiger partial charge >= 0.3 is 0 Å². The molecule has 2 heterocycles. The first-order valence-electron chi connectivity index (χ1n) is 4.68. The topological polar surface area (TPSA) is 34.1 Å². The highest BCUT2D eigenvalue weighted by atomic mass is 32.2. The third-order valence-electron chi connectivity index (χ3n) is 3.07. The Morgan fingerprint density at radius 3 is 1.86 bits per heavy atom. The Kier molecular flexibility index (Phi) is 2.52. The van der Waals surface area contributed by atoms with Crippen molar-refractivity contribution in [1.29, 1.82) is 0 Å². The molecule has 0 spiro atoms. The standard InChI is InChI=1S/C10H14O2S2/c1-3-9-7-5-14(11,12)6-8(7)10(4-2)13-9/h3-4,7-10H,1-2,5-6H2. The van der Waals surface area contributed by atoms with E-state index in [1.807, 2.05) is 12.2 Å². The lowest BCUT2D eigenvalue weighted by Crippen LogP contribution is -2.17. The van der Waals surface area contributed by atoms with Crippen LogP contribution in [0.4, 0.5) is 0 Å². The van der Waals surface area contributed by atoms with Gasteiger partial charge in [-0.1, -0.05) is 12.2 Å². The maximum absolute atomic E-state index is 11.5. The Hall–Kier alpha value is -0.220. The smallest absolute Gasteiger partial charge is 0.150 e. The SMILES string of the molecule is C=CC1SC(C=C)C2CS(=O)(=O)CC12. The number of fused-ring (bicyclic) bond motifs is 1. The molecule has 0 aliphatic carbocycles. The van der Waals surface area contributed by atoms with Gasteiger partial charge in [0, 0.05) is 10.5 Å². The second kappa shape index (κ2) is 3.42. The van der Waals surface area contributed by atoms with E-state index in [1.54, 1.807) is 11.8 Å². The Labute approximate surface area is 89.4 Å². The van der Waals surface area contributed by atoms with Crippen molar-refractivity contribution in [3.63, 3.8) is 0 Å². The summed E-state index contributed by atoms with van der Waals surface area (Å²) in [6.45, 7) is 7.54. The van der Waals surface area contributed by atoms with Crippen LogP contribution in [0.25, 0.3) is 0 Å². The first kappa shape index (κ1) is 10.3. The molecule has 2 aliphatic heterocycles. The largest absolute Gasteiger partial charge is 0.229 e. The molecule has 2 fully saturated rings. The molecule has 2 aliphatic rings. The number of thioether (sulfide) groups is 1. The van der Waals surface area contributed by atoms with E-state index in [4.69, 9.17) is 0 Å². The zero-order chi connectivity index (χ0) is 10.3. The minimum absolute atomic E-state index is 0.269. The van der Waals surface area contributed by atoms with Crippen LogP contribution in [-0.2, 0) is 9.84 Å². The van der Waals surface area contributed by atoms with Gasteiger partial charge in [0.25, 0.3) is 0 Å². The fourth-order valence-corrected chi connectivity index (χ4v) is 6.47. The molecule has 2 rings (SSSR count). The van der Waals surface area contributed by atoms with Gasteiger partial charge in [0.1, 0.15) is 0 Å². The lowest BCUT2D eigenvalue weighted by atomic mass is 9.90. The van der Waals surface area contributed by atoms with E-state index in [1.165, 1.54) is 0 Å². The molecular weight excluding hydrogens is 216 g/mol. The van der Waals surface area contributed by atoms with Crippen molar-refractivity contribution >= 4 is 21.6 Å². The van der Waals surface area contributed by atoms with Crippen LogP contribution in [0.3, 0.4) is 0 Å². The highest BCUT2D eigenvalue weighted by molar-refractivity contribution is 8.01. The summed E-state index contributed by atoms with van der Waals surface area (Å²) in [7, 11) is -2.80. The van der Waals surface area contributed by atoms with Gasteiger partial charge < -0.3 is 0 Å². The molecule has 0 aromatic carbocycles. The van der Waals surface area contributed by atoms with Crippen molar-refractivity contribution in [3.8, 4) is 0 Å². The third-order valence-corrected chi connectivity index (χ3v) is 6.56. The Morgan fingerprint density at radius 1 is 1.07 bits per heavy atom. The summed E-state index contributed by atoms with van der Waals surface area (Å²) in [6.07, 6.45) is 3.76. The second-order valence-corrected chi connectivity index (χ2v) is 7.46. The molecule has 0 aromatic heterocycles. The van der Waals surface area contributed by atoms with E-state index in [0.29, 0.717) is 22.0 Å². The van der Waals surface area contributed by atoms with Crippen molar-refractivity contribution in [2.45, 2.75) is 10.5 Å². The minimum atomic E-state index is -2.80. The zero-order valence-corrected chi connectivity index (χ0v) is 9.56. The summed E-state index contributed by atoms with van der Waals surface area (Å²) < 4.78 is 23.0. The molecule has 0 radical (unpaired) electrons. The molecule has 0 bridgehead atoms. The number of rotatable bonds is 2. The van der Waals surface area contributed by atoms with Gasteiger partial charge in [-0.25, -0.2) is 8.42 Å². The van der Waals surface area contributed by atoms with Gasteiger partial charge in [-0.15, -0.1) is 24.9 Å². The monoisotopic (exact) mass is 230 g/mol. The van der Waals surface area contributed by atoms with Gasteiger partial charge in [-0.05, 0) is 11.8 Å². The fraction of sp³-hybridized carbons (Fsp3) is 0.600. The molecule has 4 atom stereocenters. The van der Waals surface area contributed by atoms with Gasteiger partial charge in [-0.2, -0.15) is 0 Å². The van der Waals surface area contributed by atoms with E-state index in [-0.39, 0.29) is 11.8 Å². The molecule has 78 valence electrons. The highest BCUT2D eigenvalue weighted by Crippen LogP contribution is 2.48. The lowest BCUT2D eigenvalue weighted by molar-refractivity contribution is 0.473. The fourth-order valence-electron chi connectivity index (χ4n) is 2.42. The Morgan fingerprint density at radius 2 is 1.50 bits per heavy atom. The first-order chi connectivity index (χ1) is 6.57. The molecule has 4 unspecified atom stereocenters. The predicted molar refractivity (Wildman–Crippen MR) is 61.2 cm³/mol. The highest BCUT2D eigenvalue weighted by Gasteiger charge is 2.49. The maximum Gasteiger partial charge on any atom is 0.150 e. The quantitative estimate of drug-likeness (QED) is 0.674. The van der Waals surface area contributed by atoms with E-state index in [9.17, 15) is 8.42 Å². The van der Waals surface area contributed by atoms with Crippen molar-refractivity contribution in [2.75, 3.05) is 11.5 Å². The van der Waals surface area contributed by atoms with Crippen molar-refractivity contribution in [3.05, 3.63) is 25.3 Å². The predicted octanol–water partition coefficient (Wildman–Crippen LogP) is 1.50. The van der Waals surface area contributed by atoms with Crippen LogP contribution in [0.15, 0.2) is 25.3 Å². The van der Waals surface area contributed by atoms with Crippen molar-refractivity contribution < 1.29 is 8.42 Å². The molecule has 0 saturated carbocycles. The molecule has 0 N–H and O–H groups in total. The first-order valence-corrected chi connectivity index (χ1v) is 7.45. The van der Waals surface area contributed by atoms with E-state index in [0.717, 1.165) is 0 Å².